The molecule has 0 bridgehead atoms. The average molecular weight is 434 g/mol. The normalized spacial score (nSPS) is 19.2. The third-order valence-electron chi connectivity index (χ3n) is 6.17. The summed E-state index contributed by atoms with van der Waals surface area (Å²) >= 11 is 0. The molecule has 2 heterocycles. The number of hydrogen-bond donors (Lipinski definition) is 1. The molecule has 1 fully saturated rings. The van der Waals surface area contributed by atoms with Crippen LogP contribution in [0, 0.1) is 0 Å². The summed E-state index contributed by atoms with van der Waals surface area (Å²) in [5.74, 6) is 0.600. The molecule has 2 aromatic rings. The standard InChI is InChI=1S/C26H31N3O3/c1-26(2)17-20-8-9-21(32-4)15-22(20)23(27-26)16-24(30)18-6-5-7-19(14-18)25(31)29-12-10-28(3)11-13-29/h5-9,14-16,27H,10-13,17H2,1-4H3. The maximum atomic E-state index is 13.2. The van der Waals surface area contributed by atoms with E-state index < -0.39 is 0 Å². The summed E-state index contributed by atoms with van der Waals surface area (Å²) in [6, 6.07) is 13.0. The smallest absolute Gasteiger partial charge is 0.253 e. The quantitative estimate of drug-likeness (QED) is 0.593. The number of carbonyl (C=O) groups excluding carboxylic acids is 2. The van der Waals surface area contributed by atoms with Crippen LogP contribution < -0.4 is 10.1 Å². The fraction of sp³-hybridized carbons (Fsp3) is 0.385. The number of nitrogens with one attached hydrogen (secondary N) is 1. The van der Waals surface area contributed by atoms with E-state index in [1.807, 2.05) is 17.0 Å². The second-order valence-corrected chi connectivity index (χ2v) is 9.31. The molecule has 6 heteroatoms. The number of allylic oxidation sites excluding steroid dienone is 1. The maximum absolute atomic E-state index is 13.2. The van der Waals surface area contributed by atoms with Gasteiger partial charge in [0.2, 0.25) is 0 Å². The Bertz CT molecular complexity index is 1070. The van der Waals surface area contributed by atoms with Crippen molar-refractivity contribution in [3.63, 3.8) is 0 Å². The number of ether oxygens (including phenoxy) is 1. The van der Waals surface area contributed by atoms with E-state index in [2.05, 4.69) is 37.2 Å². The minimum absolute atomic E-state index is 0.0209. The third kappa shape index (κ3) is 4.70. The van der Waals surface area contributed by atoms with Crippen molar-refractivity contribution < 1.29 is 14.3 Å². The number of benzene rings is 2. The third-order valence-corrected chi connectivity index (χ3v) is 6.17. The van der Waals surface area contributed by atoms with Crippen LogP contribution in [0.15, 0.2) is 48.5 Å². The molecule has 6 nitrogen and oxygen atoms in total. The van der Waals surface area contributed by atoms with E-state index in [0.29, 0.717) is 24.2 Å². The van der Waals surface area contributed by atoms with Crippen molar-refractivity contribution in [2.45, 2.75) is 25.8 Å². The van der Waals surface area contributed by atoms with Gasteiger partial charge in [-0.2, -0.15) is 0 Å². The Morgan fingerprint density at radius 2 is 1.75 bits per heavy atom. The first-order chi connectivity index (χ1) is 15.3. The van der Waals surface area contributed by atoms with Crippen molar-refractivity contribution >= 4 is 17.4 Å². The van der Waals surface area contributed by atoms with Crippen LogP contribution in [0.3, 0.4) is 0 Å². The van der Waals surface area contributed by atoms with Gasteiger partial charge < -0.3 is 19.9 Å². The molecule has 4 rings (SSSR count). The second-order valence-electron chi connectivity index (χ2n) is 9.31. The Morgan fingerprint density at radius 3 is 2.47 bits per heavy atom. The minimum Gasteiger partial charge on any atom is -0.497 e. The van der Waals surface area contributed by atoms with Crippen LogP contribution in [0.4, 0.5) is 0 Å². The number of ketones is 1. The zero-order valence-corrected chi connectivity index (χ0v) is 19.3. The van der Waals surface area contributed by atoms with Gasteiger partial charge in [0, 0.05) is 60.2 Å². The molecule has 0 spiro atoms. The zero-order chi connectivity index (χ0) is 22.9. The topological polar surface area (TPSA) is 61.9 Å². The fourth-order valence-electron chi connectivity index (χ4n) is 4.37. The predicted molar refractivity (Wildman–Crippen MR) is 126 cm³/mol. The number of piperazine rings is 1. The first-order valence-electron chi connectivity index (χ1n) is 11.1. The Balaban J connectivity index is 1.61. The Hall–Kier alpha value is -3.12. The maximum Gasteiger partial charge on any atom is 0.253 e. The summed E-state index contributed by atoms with van der Waals surface area (Å²) in [6.07, 6.45) is 2.49. The van der Waals surface area contributed by atoms with E-state index in [1.54, 1.807) is 37.5 Å². The number of fused-ring (bicyclic) bond motifs is 1. The van der Waals surface area contributed by atoms with Gasteiger partial charge in [0.15, 0.2) is 5.78 Å². The number of carbonyl (C=O) groups is 2. The molecule has 1 saturated heterocycles. The van der Waals surface area contributed by atoms with Gasteiger partial charge in [0.1, 0.15) is 5.75 Å². The minimum atomic E-state index is -0.174. The molecule has 168 valence electrons. The summed E-state index contributed by atoms with van der Waals surface area (Å²) in [7, 11) is 3.70. The Labute approximate surface area is 189 Å². The number of methoxy groups -OCH3 is 1. The van der Waals surface area contributed by atoms with E-state index in [4.69, 9.17) is 4.74 Å². The van der Waals surface area contributed by atoms with Crippen LogP contribution >= 0.6 is 0 Å². The van der Waals surface area contributed by atoms with Gasteiger partial charge in [-0.05, 0) is 57.1 Å². The fourth-order valence-corrected chi connectivity index (χ4v) is 4.37. The van der Waals surface area contributed by atoms with Crippen LogP contribution in [0.5, 0.6) is 5.75 Å². The van der Waals surface area contributed by atoms with Gasteiger partial charge >= 0.3 is 0 Å². The van der Waals surface area contributed by atoms with E-state index in [-0.39, 0.29) is 17.2 Å². The van der Waals surface area contributed by atoms with Crippen molar-refractivity contribution in [2.75, 3.05) is 40.3 Å². The number of hydrogen-bond acceptors (Lipinski definition) is 5. The second kappa shape index (κ2) is 8.79. The predicted octanol–water partition coefficient (Wildman–Crippen LogP) is 3.23. The number of amides is 1. The van der Waals surface area contributed by atoms with Gasteiger partial charge in [-0.1, -0.05) is 18.2 Å². The van der Waals surface area contributed by atoms with Crippen LogP contribution in [0.25, 0.3) is 5.70 Å². The SMILES string of the molecule is COc1ccc2c(c1)C(=CC(=O)c1cccc(C(=O)N3CCN(C)CC3)c1)NC(C)(C)C2. The molecule has 0 saturated carbocycles. The highest BCUT2D eigenvalue weighted by Crippen LogP contribution is 2.32. The summed E-state index contributed by atoms with van der Waals surface area (Å²) in [5.41, 5.74) is 3.81. The number of likely N-dealkylation sites (N-methyl/N-ethyl adjacent to an activating group) is 1. The lowest BCUT2D eigenvalue weighted by Crippen LogP contribution is -2.47. The van der Waals surface area contributed by atoms with E-state index >= 15 is 0 Å². The zero-order valence-electron chi connectivity index (χ0n) is 19.3. The van der Waals surface area contributed by atoms with Gasteiger partial charge in [-0.3, -0.25) is 9.59 Å². The van der Waals surface area contributed by atoms with Crippen molar-refractivity contribution in [1.82, 2.24) is 15.1 Å². The molecule has 1 amide bonds. The monoisotopic (exact) mass is 433 g/mol. The molecule has 0 unspecified atom stereocenters. The lowest BCUT2D eigenvalue weighted by molar-refractivity contribution is 0.0664. The lowest BCUT2D eigenvalue weighted by atomic mass is 9.85. The molecule has 2 aromatic carbocycles. The van der Waals surface area contributed by atoms with Gasteiger partial charge in [-0.15, -0.1) is 0 Å². The average Bonchev–Trinajstić information content (AvgIpc) is 2.78. The van der Waals surface area contributed by atoms with Crippen LogP contribution in [0.1, 0.15) is 45.7 Å². The van der Waals surface area contributed by atoms with Crippen LogP contribution in [0.2, 0.25) is 0 Å². The summed E-state index contributed by atoms with van der Waals surface area (Å²) in [5, 5.41) is 3.50. The molecule has 1 N–H and O–H groups in total. The molecule has 0 aromatic heterocycles. The van der Waals surface area contributed by atoms with Gasteiger partial charge in [0.25, 0.3) is 5.91 Å². The van der Waals surface area contributed by atoms with Crippen molar-refractivity contribution in [2.24, 2.45) is 0 Å². The molecular weight excluding hydrogens is 402 g/mol. The molecule has 2 aliphatic heterocycles. The molecule has 32 heavy (non-hydrogen) atoms. The lowest BCUT2D eigenvalue weighted by Gasteiger charge is -2.35. The molecule has 2 aliphatic rings. The van der Waals surface area contributed by atoms with E-state index in [0.717, 1.165) is 36.5 Å². The Kier molecular flexibility index (Phi) is 6.07. The number of nitrogens with zero attached hydrogens (tertiary/aromatic N) is 2. The molecular formula is C26H31N3O3. The number of rotatable bonds is 4. The first kappa shape index (κ1) is 22.1. The summed E-state index contributed by atoms with van der Waals surface area (Å²) in [4.78, 5) is 30.2. The van der Waals surface area contributed by atoms with Crippen molar-refractivity contribution in [3.8, 4) is 5.75 Å². The van der Waals surface area contributed by atoms with E-state index in [1.165, 1.54) is 5.56 Å². The Morgan fingerprint density at radius 1 is 1.03 bits per heavy atom. The van der Waals surface area contributed by atoms with Crippen molar-refractivity contribution in [1.29, 1.82) is 0 Å². The highest BCUT2D eigenvalue weighted by atomic mass is 16.5. The molecule has 0 radical (unpaired) electrons. The highest BCUT2D eigenvalue weighted by molar-refractivity contribution is 6.10. The van der Waals surface area contributed by atoms with Gasteiger partial charge in [-0.25, -0.2) is 0 Å². The van der Waals surface area contributed by atoms with Gasteiger partial charge in [0.05, 0.1) is 7.11 Å². The molecule has 0 aliphatic carbocycles. The van der Waals surface area contributed by atoms with Crippen LogP contribution in [-0.2, 0) is 6.42 Å². The van der Waals surface area contributed by atoms with Crippen LogP contribution in [-0.4, -0.2) is 67.4 Å². The van der Waals surface area contributed by atoms with E-state index in [9.17, 15) is 9.59 Å². The van der Waals surface area contributed by atoms with Crippen molar-refractivity contribution in [3.05, 3.63) is 70.8 Å². The molecule has 0 atom stereocenters. The largest absolute Gasteiger partial charge is 0.497 e. The highest BCUT2D eigenvalue weighted by Gasteiger charge is 2.28. The first-order valence-corrected chi connectivity index (χ1v) is 11.1. The summed E-state index contributed by atoms with van der Waals surface area (Å²) in [6.45, 7) is 7.37. The summed E-state index contributed by atoms with van der Waals surface area (Å²) < 4.78 is 5.39.